The fourth-order valence-corrected chi connectivity index (χ4v) is 2.84. The van der Waals surface area contributed by atoms with Gasteiger partial charge < -0.3 is 0 Å². The van der Waals surface area contributed by atoms with Crippen LogP contribution in [0.15, 0.2) is 0 Å². The molecule has 12 heavy (non-hydrogen) atoms. The molecule has 1 fully saturated rings. The molecule has 0 aliphatic heterocycles. The van der Waals surface area contributed by atoms with Crippen molar-refractivity contribution in [3.63, 3.8) is 0 Å². The van der Waals surface area contributed by atoms with Crippen LogP contribution in [0.2, 0.25) is 0 Å². The van der Waals surface area contributed by atoms with E-state index in [2.05, 4.69) is 27.7 Å². The molecule has 0 saturated heterocycles. The second kappa shape index (κ2) is 3.81. The molecule has 3 atom stereocenters. The third-order valence-corrected chi connectivity index (χ3v) is 4.14. The predicted molar refractivity (Wildman–Crippen MR) is 55.2 cm³/mol. The Labute approximate surface area is 77.7 Å². The van der Waals surface area contributed by atoms with E-state index >= 15 is 0 Å². The van der Waals surface area contributed by atoms with Gasteiger partial charge in [-0.15, -0.1) is 0 Å². The summed E-state index contributed by atoms with van der Waals surface area (Å²) in [4.78, 5) is 0. The highest BCUT2D eigenvalue weighted by Crippen LogP contribution is 2.60. The SMILES string of the molecule is CCCCC(C)C1(CC)CC1C. The van der Waals surface area contributed by atoms with Crippen molar-refractivity contribution in [1.29, 1.82) is 0 Å². The van der Waals surface area contributed by atoms with E-state index in [1.165, 1.54) is 32.1 Å². The topological polar surface area (TPSA) is 0 Å². The third kappa shape index (κ3) is 1.67. The largest absolute Gasteiger partial charge is 0.0654 e. The Balaban J connectivity index is 2.35. The Morgan fingerprint density at radius 1 is 1.42 bits per heavy atom. The minimum atomic E-state index is 0.759. The van der Waals surface area contributed by atoms with Crippen LogP contribution in [-0.2, 0) is 0 Å². The maximum Gasteiger partial charge on any atom is -0.0246 e. The van der Waals surface area contributed by atoms with E-state index in [0.717, 1.165) is 17.3 Å². The first-order valence-corrected chi connectivity index (χ1v) is 5.67. The van der Waals surface area contributed by atoms with Crippen molar-refractivity contribution in [2.75, 3.05) is 0 Å². The Kier molecular flexibility index (Phi) is 3.20. The molecular formula is C12H24. The summed E-state index contributed by atoms with van der Waals surface area (Å²) in [7, 11) is 0. The fourth-order valence-electron chi connectivity index (χ4n) is 2.84. The molecule has 0 aromatic rings. The first-order chi connectivity index (χ1) is 5.67. The van der Waals surface area contributed by atoms with Gasteiger partial charge in [-0.25, -0.2) is 0 Å². The zero-order valence-corrected chi connectivity index (χ0v) is 9.19. The number of hydrogen-bond acceptors (Lipinski definition) is 0. The molecule has 0 bridgehead atoms. The number of hydrogen-bond donors (Lipinski definition) is 0. The molecule has 3 unspecified atom stereocenters. The lowest BCUT2D eigenvalue weighted by Crippen LogP contribution is -2.13. The molecule has 0 spiro atoms. The zero-order valence-electron chi connectivity index (χ0n) is 9.19. The number of rotatable bonds is 5. The molecule has 1 aliphatic rings. The van der Waals surface area contributed by atoms with Crippen LogP contribution in [0.25, 0.3) is 0 Å². The maximum absolute atomic E-state index is 2.46. The Bertz CT molecular complexity index is 135. The monoisotopic (exact) mass is 168 g/mol. The lowest BCUT2D eigenvalue weighted by Gasteiger charge is -2.22. The van der Waals surface area contributed by atoms with Crippen molar-refractivity contribution in [2.45, 2.75) is 59.8 Å². The highest BCUT2D eigenvalue weighted by molar-refractivity contribution is 5.01. The van der Waals surface area contributed by atoms with E-state index in [9.17, 15) is 0 Å². The normalized spacial score (nSPS) is 36.5. The summed E-state index contributed by atoms with van der Waals surface area (Å²) in [5.41, 5.74) is 0.759. The van der Waals surface area contributed by atoms with Gasteiger partial charge in [-0.3, -0.25) is 0 Å². The summed E-state index contributed by atoms with van der Waals surface area (Å²) < 4.78 is 0. The van der Waals surface area contributed by atoms with Crippen LogP contribution in [0.3, 0.4) is 0 Å². The summed E-state index contributed by atoms with van der Waals surface area (Å²) in [5, 5.41) is 0. The molecule has 0 nitrogen and oxygen atoms in total. The summed E-state index contributed by atoms with van der Waals surface area (Å²) >= 11 is 0. The van der Waals surface area contributed by atoms with Gasteiger partial charge in [-0.1, -0.05) is 47.0 Å². The predicted octanol–water partition coefficient (Wildman–Crippen LogP) is 4.25. The first kappa shape index (κ1) is 10.1. The Morgan fingerprint density at radius 2 is 2.00 bits per heavy atom. The molecule has 0 radical (unpaired) electrons. The molecule has 1 saturated carbocycles. The van der Waals surface area contributed by atoms with E-state index in [-0.39, 0.29) is 0 Å². The van der Waals surface area contributed by atoms with Gasteiger partial charge in [-0.2, -0.15) is 0 Å². The smallest absolute Gasteiger partial charge is 0.0246 e. The highest BCUT2D eigenvalue weighted by Gasteiger charge is 2.52. The molecule has 0 N–H and O–H groups in total. The molecule has 0 amide bonds. The van der Waals surface area contributed by atoms with Gasteiger partial charge in [0.1, 0.15) is 0 Å². The first-order valence-electron chi connectivity index (χ1n) is 5.67. The van der Waals surface area contributed by atoms with Crippen LogP contribution in [-0.4, -0.2) is 0 Å². The molecule has 0 heterocycles. The summed E-state index contributed by atoms with van der Waals surface area (Å²) in [5.74, 6) is 1.98. The molecule has 72 valence electrons. The summed E-state index contributed by atoms with van der Waals surface area (Å²) in [6.45, 7) is 9.54. The van der Waals surface area contributed by atoms with E-state index in [1.54, 1.807) is 0 Å². The van der Waals surface area contributed by atoms with Gasteiger partial charge in [0.05, 0.1) is 0 Å². The fraction of sp³-hybridized carbons (Fsp3) is 1.00. The van der Waals surface area contributed by atoms with E-state index in [0.29, 0.717) is 0 Å². The number of unbranched alkanes of at least 4 members (excludes halogenated alkanes) is 1. The second-order valence-electron chi connectivity index (χ2n) is 4.74. The zero-order chi connectivity index (χ0) is 9.19. The van der Waals surface area contributed by atoms with Crippen molar-refractivity contribution < 1.29 is 0 Å². The van der Waals surface area contributed by atoms with Gasteiger partial charge in [0.2, 0.25) is 0 Å². The van der Waals surface area contributed by atoms with Crippen molar-refractivity contribution >= 4 is 0 Å². The maximum atomic E-state index is 2.46. The van der Waals surface area contributed by atoms with Crippen molar-refractivity contribution in [3.05, 3.63) is 0 Å². The van der Waals surface area contributed by atoms with E-state index in [4.69, 9.17) is 0 Å². The molecule has 0 heteroatoms. The Hall–Kier alpha value is 0. The van der Waals surface area contributed by atoms with Crippen LogP contribution in [0.4, 0.5) is 0 Å². The van der Waals surface area contributed by atoms with Crippen molar-refractivity contribution in [1.82, 2.24) is 0 Å². The van der Waals surface area contributed by atoms with Gasteiger partial charge in [0.25, 0.3) is 0 Å². The highest BCUT2D eigenvalue weighted by atomic mass is 14.6. The Morgan fingerprint density at radius 3 is 2.33 bits per heavy atom. The van der Waals surface area contributed by atoms with Gasteiger partial charge in [0.15, 0.2) is 0 Å². The third-order valence-electron chi connectivity index (χ3n) is 4.14. The van der Waals surface area contributed by atoms with Crippen molar-refractivity contribution in [3.8, 4) is 0 Å². The molecule has 0 aromatic carbocycles. The standard InChI is InChI=1S/C12H24/c1-5-7-8-10(3)12(6-2)9-11(12)4/h10-11H,5-9H2,1-4H3. The molecule has 0 aromatic heterocycles. The average molecular weight is 168 g/mol. The summed E-state index contributed by atoms with van der Waals surface area (Å²) in [6, 6.07) is 0. The van der Waals surface area contributed by atoms with Gasteiger partial charge >= 0.3 is 0 Å². The van der Waals surface area contributed by atoms with Crippen LogP contribution < -0.4 is 0 Å². The lowest BCUT2D eigenvalue weighted by atomic mass is 9.83. The van der Waals surface area contributed by atoms with Gasteiger partial charge in [0, 0.05) is 0 Å². The summed E-state index contributed by atoms with van der Waals surface area (Å²) in [6.07, 6.45) is 7.14. The van der Waals surface area contributed by atoms with Crippen LogP contribution in [0.5, 0.6) is 0 Å². The van der Waals surface area contributed by atoms with Crippen LogP contribution >= 0.6 is 0 Å². The van der Waals surface area contributed by atoms with Crippen LogP contribution in [0, 0.1) is 17.3 Å². The minimum absolute atomic E-state index is 0.759. The lowest BCUT2D eigenvalue weighted by molar-refractivity contribution is 0.274. The molecule has 1 aliphatic carbocycles. The van der Waals surface area contributed by atoms with E-state index in [1.807, 2.05) is 0 Å². The van der Waals surface area contributed by atoms with Crippen LogP contribution in [0.1, 0.15) is 59.8 Å². The van der Waals surface area contributed by atoms with Gasteiger partial charge in [-0.05, 0) is 30.1 Å². The molecule has 1 rings (SSSR count). The molecular weight excluding hydrogens is 144 g/mol. The second-order valence-corrected chi connectivity index (χ2v) is 4.74. The minimum Gasteiger partial charge on any atom is -0.0654 e. The quantitative estimate of drug-likeness (QED) is 0.575. The average Bonchev–Trinajstić information content (AvgIpc) is 2.74. The van der Waals surface area contributed by atoms with Crippen molar-refractivity contribution in [2.24, 2.45) is 17.3 Å². The van der Waals surface area contributed by atoms with E-state index < -0.39 is 0 Å².